The first kappa shape index (κ1) is 19.8. The van der Waals surface area contributed by atoms with Crippen LogP contribution in [-0.4, -0.2) is 59.0 Å². The molecule has 2 amide bonds. The largest absolute Gasteiger partial charge is 0.351 e. The summed E-state index contributed by atoms with van der Waals surface area (Å²) < 4.78 is 1.34. The third kappa shape index (κ3) is 3.83. The number of fused-ring (bicyclic) bond motifs is 2. The van der Waals surface area contributed by atoms with Gasteiger partial charge in [0.25, 0.3) is 5.91 Å². The normalized spacial score (nSPS) is 21.0. The first-order valence-electron chi connectivity index (χ1n) is 10.9. The van der Waals surface area contributed by atoms with Gasteiger partial charge in [0, 0.05) is 31.6 Å². The molecule has 6 heteroatoms. The summed E-state index contributed by atoms with van der Waals surface area (Å²) in [4.78, 5) is 29.7. The number of para-hydroxylation sites is 1. The molecule has 2 aromatic carbocycles. The number of rotatable bonds is 5. The number of benzene rings is 2. The van der Waals surface area contributed by atoms with Crippen LogP contribution in [0.2, 0.25) is 0 Å². The second-order valence-corrected chi connectivity index (χ2v) is 8.66. The maximum absolute atomic E-state index is 13.3. The average molecular weight is 416 g/mol. The van der Waals surface area contributed by atoms with Crippen LogP contribution in [0, 0.1) is 18.3 Å². The Kier molecular flexibility index (Phi) is 5.24. The Morgan fingerprint density at radius 1 is 0.935 bits per heavy atom. The molecule has 0 spiro atoms. The van der Waals surface area contributed by atoms with Gasteiger partial charge in [-0.1, -0.05) is 48.5 Å². The van der Waals surface area contributed by atoms with E-state index in [1.165, 1.54) is 10.1 Å². The lowest BCUT2D eigenvalue weighted by Gasteiger charge is -2.22. The van der Waals surface area contributed by atoms with Gasteiger partial charge in [0.05, 0.1) is 5.52 Å². The maximum atomic E-state index is 13.3. The molecule has 1 unspecified atom stereocenters. The molecular weight excluding hydrogens is 388 g/mol. The monoisotopic (exact) mass is 415 g/mol. The van der Waals surface area contributed by atoms with E-state index in [-0.39, 0.29) is 5.91 Å². The zero-order valence-electron chi connectivity index (χ0n) is 17.5. The molecule has 6 nitrogen and oxygen atoms in total. The summed E-state index contributed by atoms with van der Waals surface area (Å²) in [6.07, 6.45) is 3.32. The quantitative estimate of drug-likeness (QED) is 0.696. The molecule has 2 aliphatic rings. The highest BCUT2D eigenvalue weighted by atomic mass is 16.2. The van der Waals surface area contributed by atoms with Crippen LogP contribution in [0.5, 0.6) is 0 Å². The lowest BCUT2D eigenvalue weighted by molar-refractivity contribution is 0.0765. The third-order valence-electron chi connectivity index (χ3n) is 6.62. The molecule has 1 radical (unpaired) electrons. The summed E-state index contributed by atoms with van der Waals surface area (Å²) in [6.45, 7) is 4.57. The number of amides is 2. The average Bonchev–Trinajstić information content (AvgIpc) is 3.45. The number of nitrogens with two attached hydrogens (primary N) is 1. The van der Waals surface area contributed by atoms with Crippen molar-refractivity contribution in [3.05, 3.63) is 78.3 Å². The van der Waals surface area contributed by atoms with Crippen molar-refractivity contribution in [3.63, 3.8) is 0 Å². The van der Waals surface area contributed by atoms with Crippen LogP contribution in [0.25, 0.3) is 10.9 Å². The second kappa shape index (κ2) is 8.19. The summed E-state index contributed by atoms with van der Waals surface area (Å²) >= 11 is 0. The van der Waals surface area contributed by atoms with Crippen LogP contribution in [0.3, 0.4) is 0 Å². The van der Waals surface area contributed by atoms with E-state index in [2.05, 4.69) is 35.6 Å². The molecular formula is C25H27N4O2. The summed E-state index contributed by atoms with van der Waals surface area (Å²) in [5.74, 6) is 0.882. The molecule has 159 valence electrons. The van der Waals surface area contributed by atoms with E-state index in [1.807, 2.05) is 35.2 Å². The smallest absolute Gasteiger partial charge is 0.324 e. The van der Waals surface area contributed by atoms with Gasteiger partial charge in [0.15, 0.2) is 0 Å². The minimum absolute atomic E-state index is 0.103. The Morgan fingerprint density at radius 2 is 1.61 bits per heavy atom. The lowest BCUT2D eigenvalue weighted by Crippen LogP contribution is -2.36. The fourth-order valence-electron chi connectivity index (χ4n) is 5.15. The van der Waals surface area contributed by atoms with Crippen molar-refractivity contribution in [1.29, 1.82) is 0 Å². The van der Waals surface area contributed by atoms with Crippen molar-refractivity contribution >= 4 is 22.8 Å². The molecule has 2 fully saturated rings. The van der Waals surface area contributed by atoms with E-state index in [1.54, 1.807) is 6.07 Å². The van der Waals surface area contributed by atoms with Gasteiger partial charge in [-0.25, -0.2) is 4.79 Å². The standard InChI is InChI=1S/C25H27N4O2/c26-25(31)29-22-11-5-4-10-19(22)13-23(29)24(30)28-16-20-14-27(15-21(20)17-28)12-6-9-18-7-2-1-3-8-18/h1-5,7-11,13,20-21H,6,12,14-17H2,(H2,26,31)/t20-,21?/m0/s1. The highest BCUT2D eigenvalue weighted by Crippen LogP contribution is 2.32. The number of primary amides is 1. The van der Waals surface area contributed by atoms with E-state index < -0.39 is 6.03 Å². The lowest BCUT2D eigenvalue weighted by atomic mass is 10.0. The number of hydrogen-bond acceptors (Lipinski definition) is 3. The van der Waals surface area contributed by atoms with Crippen LogP contribution in [0.1, 0.15) is 22.5 Å². The fraction of sp³-hybridized carbons (Fsp3) is 0.320. The highest BCUT2D eigenvalue weighted by Gasteiger charge is 2.42. The molecule has 2 aliphatic heterocycles. The Bertz CT molecular complexity index is 1090. The van der Waals surface area contributed by atoms with E-state index in [0.717, 1.165) is 44.5 Å². The summed E-state index contributed by atoms with van der Waals surface area (Å²) in [5, 5.41) is 0.852. The van der Waals surface area contributed by atoms with Crippen molar-refractivity contribution in [3.8, 4) is 0 Å². The zero-order valence-corrected chi connectivity index (χ0v) is 17.5. The van der Waals surface area contributed by atoms with E-state index in [9.17, 15) is 9.59 Å². The molecule has 31 heavy (non-hydrogen) atoms. The SMILES string of the molecule is NC(=O)n1c(C(=O)N2CC3CN(CC[CH]c4ccccc4)C[C@H]3C2)cc2ccccc21. The van der Waals surface area contributed by atoms with Gasteiger partial charge in [-0.2, -0.15) is 0 Å². The molecule has 2 atom stereocenters. The Hall–Kier alpha value is -3.12. The first-order valence-corrected chi connectivity index (χ1v) is 10.9. The molecule has 2 N–H and O–H groups in total. The maximum Gasteiger partial charge on any atom is 0.324 e. The minimum atomic E-state index is -0.621. The Labute approximate surface area is 182 Å². The van der Waals surface area contributed by atoms with Gasteiger partial charge in [0.2, 0.25) is 0 Å². The molecule has 2 saturated heterocycles. The van der Waals surface area contributed by atoms with E-state index in [4.69, 9.17) is 5.73 Å². The molecule has 0 bridgehead atoms. The predicted molar refractivity (Wildman–Crippen MR) is 121 cm³/mol. The summed E-state index contributed by atoms with van der Waals surface area (Å²) in [6, 6.07) is 19.0. The molecule has 3 heterocycles. The van der Waals surface area contributed by atoms with Crippen molar-refractivity contribution in [1.82, 2.24) is 14.4 Å². The van der Waals surface area contributed by atoms with Crippen LogP contribution in [0.4, 0.5) is 4.79 Å². The number of likely N-dealkylation sites (tertiary alicyclic amines) is 2. The van der Waals surface area contributed by atoms with Crippen LogP contribution < -0.4 is 5.73 Å². The van der Waals surface area contributed by atoms with Gasteiger partial charge < -0.3 is 15.5 Å². The van der Waals surface area contributed by atoms with Crippen molar-refractivity contribution in [2.75, 3.05) is 32.7 Å². The van der Waals surface area contributed by atoms with E-state index in [0.29, 0.717) is 23.0 Å². The number of aromatic nitrogens is 1. The molecule has 0 aliphatic carbocycles. The van der Waals surface area contributed by atoms with Crippen molar-refractivity contribution in [2.24, 2.45) is 17.6 Å². The third-order valence-corrected chi connectivity index (χ3v) is 6.62. The molecule has 0 saturated carbocycles. The number of hydrogen-bond donors (Lipinski definition) is 1. The highest BCUT2D eigenvalue weighted by molar-refractivity contribution is 6.04. The van der Waals surface area contributed by atoms with Crippen LogP contribution >= 0.6 is 0 Å². The van der Waals surface area contributed by atoms with Crippen LogP contribution in [-0.2, 0) is 0 Å². The zero-order chi connectivity index (χ0) is 21.4. The van der Waals surface area contributed by atoms with Gasteiger partial charge in [0.1, 0.15) is 5.69 Å². The fourth-order valence-corrected chi connectivity index (χ4v) is 5.15. The first-order chi connectivity index (χ1) is 15.1. The summed E-state index contributed by atoms with van der Waals surface area (Å²) in [7, 11) is 0. The van der Waals surface area contributed by atoms with Gasteiger partial charge in [-0.15, -0.1) is 0 Å². The van der Waals surface area contributed by atoms with Crippen molar-refractivity contribution in [2.45, 2.75) is 6.42 Å². The number of nitrogens with zero attached hydrogens (tertiary/aromatic N) is 3. The van der Waals surface area contributed by atoms with Crippen LogP contribution in [0.15, 0.2) is 60.7 Å². The Balaban J connectivity index is 1.21. The molecule has 1 aromatic heterocycles. The number of carbonyl (C=O) groups is 2. The second-order valence-electron chi connectivity index (χ2n) is 8.66. The Morgan fingerprint density at radius 3 is 2.32 bits per heavy atom. The van der Waals surface area contributed by atoms with Gasteiger partial charge >= 0.3 is 6.03 Å². The van der Waals surface area contributed by atoms with E-state index >= 15 is 0 Å². The minimum Gasteiger partial charge on any atom is -0.351 e. The molecule has 5 rings (SSSR count). The van der Waals surface area contributed by atoms with Gasteiger partial charge in [-0.3, -0.25) is 9.36 Å². The summed E-state index contributed by atoms with van der Waals surface area (Å²) in [5.41, 5.74) is 7.91. The number of carbonyl (C=O) groups excluding carboxylic acids is 2. The molecule has 3 aromatic rings. The topological polar surface area (TPSA) is 71.6 Å². The predicted octanol–water partition coefficient (Wildman–Crippen LogP) is 3.21. The van der Waals surface area contributed by atoms with Gasteiger partial charge in [-0.05, 0) is 48.9 Å². The van der Waals surface area contributed by atoms with Crippen molar-refractivity contribution < 1.29 is 9.59 Å².